The van der Waals surface area contributed by atoms with E-state index in [9.17, 15) is 9.59 Å². The second-order valence-electron chi connectivity index (χ2n) is 2.84. The van der Waals surface area contributed by atoms with Crippen LogP contribution in [0.15, 0.2) is 0 Å². The normalized spacial score (nSPS) is 9.69. The molecular formula is C8H13N5O3. The van der Waals surface area contributed by atoms with Gasteiger partial charge in [0.2, 0.25) is 0 Å². The second kappa shape index (κ2) is 4.51. The first kappa shape index (κ1) is 11.8. The van der Waals surface area contributed by atoms with Crippen LogP contribution in [-0.4, -0.2) is 47.9 Å². The molecule has 1 heterocycles. The minimum absolute atomic E-state index is 0.00755. The van der Waals surface area contributed by atoms with Crippen LogP contribution < -0.4 is 16.1 Å². The maximum absolute atomic E-state index is 11.5. The Morgan fingerprint density at radius 3 is 2.25 bits per heavy atom. The van der Waals surface area contributed by atoms with Gasteiger partial charge < -0.3 is 21.2 Å². The van der Waals surface area contributed by atoms with Gasteiger partial charge in [0, 0.05) is 21.1 Å². The highest BCUT2D eigenvalue weighted by atomic mass is 16.4. The van der Waals surface area contributed by atoms with Crippen molar-refractivity contribution in [3.63, 3.8) is 0 Å². The molecule has 0 amide bonds. The lowest BCUT2D eigenvalue weighted by molar-refractivity contribution is -0.131. The molecule has 0 aromatic carbocycles. The molecule has 0 saturated heterocycles. The SMILES string of the molecule is CNc1nn(NC)c(NC)c1C(=O)C(=O)O. The summed E-state index contributed by atoms with van der Waals surface area (Å²) in [5.41, 5.74) is 2.69. The molecule has 88 valence electrons. The van der Waals surface area contributed by atoms with Gasteiger partial charge >= 0.3 is 5.97 Å². The van der Waals surface area contributed by atoms with E-state index in [0.717, 1.165) is 0 Å². The molecule has 0 fully saturated rings. The van der Waals surface area contributed by atoms with Crippen molar-refractivity contribution in [2.24, 2.45) is 0 Å². The average molecular weight is 227 g/mol. The lowest BCUT2D eigenvalue weighted by Gasteiger charge is -2.05. The number of nitrogens with one attached hydrogen (secondary N) is 3. The lowest BCUT2D eigenvalue weighted by Crippen LogP contribution is -2.17. The zero-order valence-corrected chi connectivity index (χ0v) is 9.16. The molecule has 4 N–H and O–H groups in total. The zero-order valence-electron chi connectivity index (χ0n) is 9.16. The van der Waals surface area contributed by atoms with Crippen molar-refractivity contribution in [1.29, 1.82) is 0 Å². The molecule has 0 radical (unpaired) electrons. The van der Waals surface area contributed by atoms with Gasteiger partial charge in [0.1, 0.15) is 5.56 Å². The number of carbonyl (C=O) groups excluding carboxylic acids is 1. The van der Waals surface area contributed by atoms with Crippen LogP contribution in [0.1, 0.15) is 10.4 Å². The molecular weight excluding hydrogens is 214 g/mol. The summed E-state index contributed by atoms with van der Waals surface area (Å²) >= 11 is 0. The van der Waals surface area contributed by atoms with Crippen molar-refractivity contribution in [2.75, 3.05) is 37.2 Å². The maximum atomic E-state index is 11.5. The molecule has 0 saturated carbocycles. The predicted molar refractivity (Wildman–Crippen MR) is 58.6 cm³/mol. The molecule has 1 aromatic rings. The number of nitrogens with zero attached hydrogens (tertiary/aromatic N) is 2. The Labute approximate surface area is 91.6 Å². The van der Waals surface area contributed by atoms with E-state index in [1.165, 1.54) is 4.79 Å². The molecule has 0 aliphatic heterocycles. The van der Waals surface area contributed by atoms with Gasteiger partial charge in [-0.3, -0.25) is 4.79 Å². The summed E-state index contributed by atoms with van der Waals surface area (Å²) in [4.78, 5) is 23.4. The molecule has 1 aromatic heterocycles. The van der Waals surface area contributed by atoms with Crippen molar-refractivity contribution in [2.45, 2.75) is 0 Å². The average Bonchev–Trinajstić information content (AvgIpc) is 2.64. The zero-order chi connectivity index (χ0) is 12.3. The van der Waals surface area contributed by atoms with Crippen molar-refractivity contribution >= 4 is 23.4 Å². The number of carboxylic acid groups (broad SMARTS) is 1. The number of ketones is 1. The van der Waals surface area contributed by atoms with Crippen molar-refractivity contribution < 1.29 is 14.7 Å². The molecule has 8 nitrogen and oxygen atoms in total. The van der Waals surface area contributed by atoms with Crippen LogP contribution in [0.25, 0.3) is 0 Å². The third-order valence-electron chi connectivity index (χ3n) is 1.99. The number of aliphatic carboxylic acids is 1. The van der Waals surface area contributed by atoms with Gasteiger partial charge in [0.05, 0.1) is 0 Å². The largest absolute Gasteiger partial charge is 0.475 e. The first-order chi connectivity index (χ1) is 7.56. The first-order valence-electron chi connectivity index (χ1n) is 4.50. The van der Waals surface area contributed by atoms with Crippen LogP contribution in [0.2, 0.25) is 0 Å². The third kappa shape index (κ3) is 1.76. The van der Waals surface area contributed by atoms with Crippen molar-refractivity contribution in [1.82, 2.24) is 9.89 Å². The molecule has 8 heteroatoms. The Morgan fingerprint density at radius 2 is 1.88 bits per heavy atom. The smallest absolute Gasteiger partial charge is 0.377 e. The molecule has 0 aliphatic rings. The van der Waals surface area contributed by atoms with E-state index in [1.807, 2.05) is 0 Å². The van der Waals surface area contributed by atoms with Crippen LogP contribution in [0.4, 0.5) is 11.6 Å². The van der Waals surface area contributed by atoms with E-state index >= 15 is 0 Å². The van der Waals surface area contributed by atoms with E-state index in [2.05, 4.69) is 21.2 Å². The topological polar surface area (TPSA) is 108 Å². The van der Waals surface area contributed by atoms with E-state index in [-0.39, 0.29) is 11.4 Å². The van der Waals surface area contributed by atoms with Gasteiger partial charge in [-0.15, -0.1) is 5.10 Å². The van der Waals surface area contributed by atoms with Gasteiger partial charge in [-0.25, -0.2) is 4.79 Å². The number of carbonyl (C=O) groups is 2. The number of carboxylic acids is 1. The number of anilines is 2. The molecule has 0 bridgehead atoms. The summed E-state index contributed by atoms with van der Waals surface area (Å²) in [5, 5.41) is 18.0. The Bertz CT molecular complexity index is 426. The van der Waals surface area contributed by atoms with Crippen LogP contribution in [0.3, 0.4) is 0 Å². The summed E-state index contributed by atoms with van der Waals surface area (Å²) < 4.78 is 0. The third-order valence-corrected chi connectivity index (χ3v) is 1.99. The fourth-order valence-corrected chi connectivity index (χ4v) is 1.31. The van der Waals surface area contributed by atoms with Gasteiger partial charge in [-0.1, -0.05) is 0 Å². The van der Waals surface area contributed by atoms with Crippen molar-refractivity contribution in [3.8, 4) is 0 Å². The van der Waals surface area contributed by atoms with Crippen LogP contribution in [-0.2, 0) is 4.79 Å². The van der Waals surface area contributed by atoms with Gasteiger partial charge in [0.15, 0.2) is 11.6 Å². The second-order valence-corrected chi connectivity index (χ2v) is 2.84. The van der Waals surface area contributed by atoms with Crippen LogP contribution in [0, 0.1) is 0 Å². The summed E-state index contributed by atoms with van der Waals surface area (Å²) in [5.74, 6) is -2.05. The fourth-order valence-electron chi connectivity index (χ4n) is 1.31. The number of aromatic nitrogens is 2. The monoisotopic (exact) mass is 227 g/mol. The summed E-state index contributed by atoms with van der Waals surface area (Å²) in [6, 6.07) is 0. The molecule has 16 heavy (non-hydrogen) atoms. The summed E-state index contributed by atoms with van der Waals surface area (Å²) in [6.07, 6.45) is 0. The quantitative estimate of drug-likeness (QED) is 0.393. The molecule has 0 unspecified atom stereocenters. The van der Waals surface area contributed by atoms with E-state index < -0.39 is 11.8 Å². The Balaban J connectivity index is 3.38. The Morgan fingerprint density at radius 1 is 1.25 bits per heavy atom. The lowest BCUT2D eigenvalue weighted by atomic mass is 10.2. The summed E-state index contributed by atoms with van der Waals surface area (Å²) in [7, 11) is 4.73. The predicted octanol–water partition coefficient (Wildman–Crippen LogP) is -0.593. The van der Waals surface area contributed by atoms with Crippen LogP contribution >= 0.6 is 0 Å². The molecule has 0 atom stereocenters. The highest BCUT2D eigenvalue weighted by Gasteiger charge is 2.27. The molecule has 1 rings (SSSR count). The highest BCUT2D eigenvalue weighted by Crippen LogP contribution is 2.23. The highest BCUT2D eigenvalue weighted by molar-refractivity contribution is 6.42. The van der Waals surface area contributed by atoms with Crippen LogP contribution in [0.5, 0.6) is 0 Å². The van der Waals surface area contributed by atoms with Gasteiger partial charge in [-0.2, -0.15) is 4.79 Å². The molecule has 0 spiro atoms. The number of rotatable bonds is 5. The number of Topliss-reactive ketones (excluding diaryl/α,β-unsaturated/α-hetero) is 1. The van der Waals surface area contributed by atoms with E-state index in [0.29, 0.717) is 5.82 Å². The first-order valence-corrected chi connectivity index (χ1v) is 4.50. The molecule has 0 aliphatic carbocycles. The minimum atomic E-state index is -1.52. The van der Waals surface area contributed by atoms with E-state index in [4.69, 9.17) is 5.11 Å². The fraction of sp³-hybridized carbons (Fsp3) is 0.375. The number of hydrogen-bond donors (Lipinski definition) is 4. The Kier molecular flexibility index (Phi) is 3.33. The Hall–Kier alpha value is -2.25. The van der Waals surface area contributed by atoms with Gasteiger partial charge in [0.25, 0.3) is 5.78 Å². The minimum Gasteiger partial charge on any atom is -0.475 e. The number of hydrogen-bond acceptors (Lipinski definition) is 6. The maximum Gasteiger partial charge on any atom is 0.377 e. The van der Waals surface area contributed by atoms with E-state index in [1.54, 1.807) is 21.1 Å². The standard InChI is InChI=1S/C8H13N5O3/c1-9-6-4(5(14)8(15)16)7(10-2)13(11-3)12-6/h10-11H,1-3H3,(H,9,12)(H,15,16). The van der Waals surface area contributed by atoms with Crippen molar-refractivity contribution in [3.05, 3.63) is 5.56 Å². The summed E-state index contributed by atoms with van der Waals surface area (Å²) in [6.45, 7) is 0. The van der Waals surface area contributed by atoms with Gasteiger partial charge in [-0.05, 0) is 0 Å².